The third-order valence-electron chi connectivity index (χ3n) is 7.00. The highest BCUT2D eigenvalue weighted by atomic mass is 19.1. The fourth-order valence-electron chi connectivity index (χ4n) is 5.27. The van der Waals surface area contributed by atoms with Crippen LogP contribution in [0.15, 0.2) is 54.7 Å². The SMILES string of the molecule is Cc1cccc2c(-c3cccc4nn(C)c(F)c34)nn(-c3ccc(N4CC[C@H](CC(=O)O)C4)nc3)c12. The predicted molar refractivity (Wildman–Crippen MR) is 136 cm³/mol. The van der Waals surface area contributed by atoms with Gasteiger partial charge in [-0.2, -0.15) is 14.6 Å². The van der Waals surface area contributed by atoms with Gasteiger partial charge in [0.1, 0.15) is 11.5 Å². The number of nitrogens with zero attached hydrogens (tertiary/aromatic N) is 6. The molecule has 1 aliphatic heterocycles. The third-order valence-corrected chi connectivity index (χ3v) is 7.00. The van der Waals surface area contributed by atoms with Crippen LogP contribution in [0.5, 0.6) is 0 Å². The number of fused-ring (bicyclic) bond motifs is 2. The van der Waals surface area contributed by atoms with Gasteiger partial charge < -0.3 is 10.0 Å². The summed E-state index contributed by atoms with van der Waals surface area (Å²) in [5.41, 5.74) is 4.74. The fraction of sp³-hybridized carbons (Fsp3) is 0.259. The lowest BCUT2D eigenvalue weighted by molar-refractivity contribution is -0.137. The first-order valence-corrected chi connectivity index (χ1v) is 11.9. The summed E-state index contributed by atoms with van der Waals surface area (Å²) < 4.78 is 18.1. The lowest BCUT2D eigenvalue weighted by Gasteiger charge is -2.17. The molecular weight excluding hydrogens is 459 g/mol. The zero-order chi connectivity index (χ0) is 25.0. The summed E-state index contributed by atoms with van der Waals surface area (Å²) in [4.78, 5) is 17.9. The summed E-state index contributed by atoms with van der Waals surface area (Å²) >= 11 is 0. The fourth-order valence-corrected chi connectivity index (χ4v) is 5.27. The van der Waals surface area contributed by atoms with Gasteiger partial charge in [0.2, 0.25) is 5.95 Å². The van der Waals surface area contributed by atoms with Crippen LogP contribution in [0.4, 0.5) is 10.2 Å². The van der Waals surface area contributed by atoms with Gasteiger partial charge in [-0.05, 0) is 43.0 Å². The molecule has 0 aliphatic carbocycles. The number of carbonyl (C=O) groups is 1. The van der Waals surface area contributed by atoms with Crippen molar-refractivity contribution < 1.29 is 14.3 Å². The zero-order valence-corrected chi connectivity index (χ0v) is 20.0. The lowest BCUT2D eigenvalue weighted by Crippen LogP contribution is -2.21. The van der Waals surface area contributed by atoms with Crippen LogP contribution < -0.4 is 4.90 Å². The number of carboxylic acid groups (broad SMARTS) is 1. The minimum absolute atomic E-state index is 0.139. The van der Waals surface area contributed by atoms with Crippen molar-refractivity contribution in [2.75, 3.05) is 18.0 Å². The molecule has 0 saturated carbocycles. The summed E-state index contributed by atoms with van der Waals surface area (Å²) in [5.74, 6) is -0.195. The number of aromatic nitrogens is 5. The van der Waals surface area contributed by atoms with Crippen molar-refractivity contribution >= 4 is 33.6 Å². The van der Waals surface area contributed by atoms with Crippen molar-refractivity contribution in [3.8, 4) is 16.9 Å². The number of halogens is 1. The average Bonchev–Trinajstić information content (AvgIpc) is 3.56. The van der Waals surface area contributed by atoms with Crippen molar-refractivity contribution in [2.24, 2.45) is 13.0 Å². The Balaban J connectivity index is 1.43. The van der Waals surface area contributed by atoms with Crippen LogP contribution in [0.25, 0.3) is 38.8 Å². The molecule has 0 amide bonds. The summed E-state index contributed by atoms with van der Waals surface area (Å²) in [7, 11) is 1.59. The van der Waals surface area contributed by atoms with Gasteiger partial charge in [-0.25, -0.2) is 14.3 Å². The van der Waals surface area contributed by atoms with E-state index in [1.807, 2.05) is 54.1 Å². The molecule has 0 radical (unpaired) electrons. The van der Waals surface area contributed by atoms with Crippen molar-refractivity contribution in [2.45, 2.75) is 19.8 Å². The highest BCUT2D eigenvalue weighted by molar-refractivity contribution is 6.03. The van der Waals surface area contributed by atoms with Crippen LogP contribution in [0, 0.1) is 18.8 Å². The molecular formula is C27H25FN6O2. The molecule has 5 aromatic rings. The van der Waals surface area contributed by atoms with E-state index in [1.165, 1.54) is 4.68 Å². The second kappa shape index (κ2) is 8.44. The van der Waals surface area contributed by atoms with E-state index in [0.29, 0.717) is 28.7 Å². The maximum atomic E-state index is 15.0. The van der Waals surface area contributed by atoms with Crippen LogP contribution >= 0.6 is 0 Å². The lowest BCUT2D eigenvalue weighted by atomic mass is 10.0. The molecule has 1 atom stereocenters. The van der Waals surface area contributed by atoms with Gasteiger partial charge in [0.15, 0.2) is 0 Å². The molecule has 1 N–H and O–H groups in total. The maximum Gasteiger partial charge on any atom is 0.303 e. The van der Waals surface area contributed by atoms with Crippen molar-refractivity contribution in [1.29, 1.82) is 0 Å². The van der Waals surface area contributed by atoms with E-state index in [2.05, 4.69) is 15.0 Å². The normalized spacial score (nSPS) is 15.9. The summed E-state index contributed by atoms with van der Waals surface area (Å²) in [6.45, 7) is 3.51. The molecule has 1 fully saturated rings. The Morgan fingerprint density at radius 1 is 1.14 bits per heavy atom. The number of hydrogen-bond acceptors (Lipinski definition) is 5. The van der Waals surface area contributed by atoms with Crippen molar-refractivity contribution in [3.05, 3.63) is 66.2 Å². The largest absolute Gasteiger partial charge is 0.481 e. The molecule has 3 aromatic heterocycles. The van der Waals surface area contributed by atoms with Gasteiger partial charge >= 0.3 is 5.97 Å². The number of hydrogen-bond donors (Lipinski definition) is 1. The van der Waals surface area contributed by atoms with Crippen LogP contribution in [-0.2, 0) is 11.8 Å². The van der Waals surface area contributed by atoms with Gasteiger partial charge in [0.25, 0.3) is 0 Å². The number of aliphatic carboxylic acids is 1. The topological polar surface area (TPSA) is 89.1 Å². The maximum absolute atomic E-state index is 15.0. The van der Waals surface area contributed by atoms with Crippen LogP contribution in [0.1, 0.15) is 18.4 Å². The summed E-state index contributed by atoms with van der Waals surface area (Å²) in [6, 6.07) is 15.5. The summed E-state index contributed by atoms with van der Waals surface area (Å²) in [5, 5.41) is 19.7. The number of benzene rings is 2. The molecule has 1 saturated heterocycles. The van der Waals surface area contributed by atoms with Gasteiger partial charge in [0, 0.05) is 37.5 Å². The van der Waals surface area contributed by atoms with Gasteiger partial charge in [-0.15, -0.1) is 0 Å². The molecule has 0 bridgehead atoms. The Bertz CT molecular complexity index is 1620. The molecule has 0 unspecified atom stereocenters. The second-order valence-corrected chi connectivity index (χ2v) is 9.42. The predicted octanol–water partition coefficient (Wildman–Crippen LogP) is 4.72. The van der Waals surface area contributed by atoms with E-state index < -0.39 is 11.9 Å². The Kier molecular flexibility index (Phi) is 5.21. The van der Waals surface area contributed by atoms with Gasteiger partial charge in [-0.3, -0.25) is 4.79 Å². The van der Waals surface area contributed by atoms with Crippen LogP contribution in [-0.4, -0.2) is 48.7 Å². The van der Waals surface area contributed by atoms with E-state index in [0.717, 1.165) is 40.9 Å². The van der Waals surface area contributed by atoms with Crippen LogP contribution in [0.3, 0.4) is 0 Å². The molecule has 182 valence electrons. The standard InChI is InChI=1S/C27H25FN6O2/c1-16-5-3-7-20-25(19-6-4-8-21-24(19)27(28)32(2)30-21)31-34(26(16)20)18-9-10-22(29-14-18)33-12-11-17(15-33)13-23(35)36/h3-10,14,17H,11-13,15H2,1-2H3,(H,35,36)/t17-/m1/s1. The monoisotopic (exact) mass is 484 g/mol. The van der Waals surface area contributed by atoms with E-state index >= 15 is 4.39 Å². The number of pyridine rings is 1. The van der Waals surface area contributed by atoms with E-state index in [4.69, 9.17) is 10.2 Å². The molecule has 1 aliphatic rings. The minimum atomic E-state index is -0.760. The van der Waals surface area contributed by atoms with E-state index in [1.54, 1.807) is 19.3 Å². The molecule has 4 heterocycles. The quantitative estimate of drug-likeness (QED) is 0.388. The number of rotatable bonds is 5. The third kappa shape index (κ3) is 3.59. The smallest absolute Gasteiger partial charge is 0.303 e. The van der Waals surface area contributed by atoms with Gasteiger partial charge in [0.05, 0.1) is 28.3 Å². The Morgan fingerprint density at radius 3 is 2.75 bits per heavy atom. The molecule has 36 heavy (non-hydrogen) atoms. The van der Waals surface area contributed by atoms with Crippen molar-refractivity contribution in [1.82, 2.24) is 24.5 Å². The first-order valence-electron chi connectivity index (χ1n) is 11.9. The zero-order valence-electron chi connectivity index (χ0n) is 20.0. The summed E-state index contributed by atoms with van der Waals surface area (Å²) in [6.07, 6.45) is 2.81. The highest BCUT2D eigenvalue weighted by Gasteiger charge is 2.26. The number of carboxylic acids is 1. The Morgan fingerprint density at radius 2 is 1.97 bits per heavy atom. The van der Waals surface area contributed by atoms with Crippen LogP contribution in [0.2, 0.25) is 0 Å². The first kappa shape index (κ1) is 22.2. The number of aryl methyl sites for hydroxylation is 2. The molecule has 6 rings (SSSR count). The Labute approximate surface area is 206 Å². The average molecular weight is 485 g/mol. The highest BCUT2D eigenvalue weighted by Crippen LogP contribution is 2.36. The first-order chi connectivity index (χ1) is 17.4. The number of anilines is 1. The van der Waals surface area contributed by atoms with Crippen molar-refractivity contribution in [3.63, 3.8) is 0 Å². The second-order valence-electron chi connectivity index (χ2n) is 9.42. The molecule has 9 heteroatoms. The molecule has 0 spiro atoms. The number of para-hydroxylation sites is 1. The molecule has 8 nitrogen and oxygen atoms in total. The Hall–Kier alpha value is -4.27. The van der Waals surface area contributed by atoms with E-state index in [9.17, 15) is 4.79 Å². The molecule has 2 aromatic carbocycles. The minimum Gasteiger partial charge on any atom is -0.481 e. The van der Waals surface area contributed by atoms with Gasteiger partial charge in [-0.1, -0.05) is 30.3 Å². The van der Waals surface area contributed by atoms with E-state index in [-0.39, 0.29) is 12.3 Å².